The molecule has 1 amide bonds. The Labute approximate surface area is 262 Å². The number of nitrogens with zero attached hydrogens (tertiary/aromatic N) is 1. The van der Waals surface area contributed by atoms with Crippen LogP contribution < -0.4 is 9.33 Å². The van der Waals surface area contributed by atoms with Crippen LogP contribution in [0.15, 0.2) is 30.4 Å². The van der Waals surface area contributed by atoms with Gasteiger partial charge in [0.25, 0.3) is 8.32 Å². The van der Waals surface area contributed by atoms with E-state index in [2.05, 4.69) is 33.9 Å². The molecule has 0 radical (unpaired) electrons. The van der Waals surface area contributed by atoms with E-state index in [-0.39, 0.29) is 22.9 Å². The highest BCUT2D eigenvalue weighted by Crippen LogP contribution is 2.41. The van der Waals surface area contributed by atoms with Gasteiger partial charge in [-0.15, -0.1) is 0 Å². The summed E-state index contributed by atoms with van der Waals surface area (Å²) < 4.78 is 29.0. The zero-order valence-electron chi connectivity index (χ0n) is 27.9. The van der Waals surface area contributed by atoms with E-state index >= 15 is 0 Å². The number of rotatable bonds is 4. The van der Waals surface area contributed by atoms with Gasteiger partial charge in [-0.2, -0.15) is 0 Å². The summed E-state index contributed by atoms with van der Waals surface area (Å²) >= 11 is 0. The topological polar surface area (TPSA) is 121 Å². The molecule has 1 saturated heterocycles. The van der Waals surface area contributed by atoms with Gasteiger partial charge in [0.1, 0.15) is 35.2 Å². The van der Waals surface area contributed by atoms with Crippen LogP contribution in [0.5, 0.6) is 5.75 Å². The van der Waals surface area contributed by atoms with Crippen LogP contribution in [0, 0.1) is 5.92 Å². The maximum Gasteiger partial charge on any atom is 0.509 e. The zero-order valence-corrected chi connectivity index (χ0v) is 28.9. The summed E-state index contributed by atoms with van der Waals surface area (Å²) in [4.78, 5) is 40.7. The number of fused-ring (bicyclic) bond motifs is 2. The number of benzene rings is 1. The normalized spacial score (nSPS) is 26.1. The van der Waals surface area contributed by atoms with Crippen LogP contribution in [0.3, 0.4) is 0 Å². The molecule has 244 valence electrons. The van der Waals surface area contributed by atoms with E-state index in [4.69, 9.17) is 23.4 Å². The largest absolute Gasteiger partial charge is 0.543 e. The minimum absolute atomic E-state index is 0.193. The molecule has 5 atom stereocenters. The molecule has 1 fully saturated rings. The fourth-order valence-electron chi connectivity index (χ4n) is 4.47. The summed E-state index contributed by atoms with van der Waals surface area (Å²) in [6.07, 6.45) is 2.20. The molecule has 1 aromatic carbocycles. The van der Waals surface area contributed by atoms with Crippen LogP contribution in [0.25, 0.3) is 6.08 Å². The number of hydrogen-bond acceptors (Lipinski definition) is 9. The van der Waals surface area contributed by atoms with Crippen molar-refractivity contribution in [2.45, 2.75) is 117 Å². The van der Waals surface area contributed by atoms with Crippen molar-refractivity contribution in [1.29, 1.82) is 0 Å². The van der Waals surface area contributed by atoms with Gasteiger partial charge in [-0.3, -0.25) is 4.90 Å². The molecule has 2 aliphatic rings. The van der Waals surface area contributed by atoms with Gasteiger partial charge >= 0.3 is 18.2 Å². The second kappa shape index (κ2) is 13.4. The van der Waals surface area contributed by atoms with Crippen molar-refractivity contribution in [3.8, 4) is 5.75 Å². The summed E-state index contributed by atoms with van der Waals surface area (Å²) in [5.74, 6) is -0.546. The van der Waals surface area contributed by atoms with Crippen LogP contribution in [0.1, 0.15) is 84.7 Å². The third-order valence-corrected chi connectivity index (χ3v) is 12.6. The number of anilines is 1. The number of amides is 1. The van der Waals surface area contributed by atoms with Crippen LogP contribution in [-0.4, -0.2) is 68.2 Å². The Morgan fingerprint density at radius 2 is 1.70 bits per heavy atom. The van der Waals surface area contributed by atoms with Crippen molar-refractivity contribution in [1.82, 2.24) is 0 Å². The number of carbonyl (C=O) groups is 3. The lowest BCUT2D eigenvalue weighted by molar-refractivity contribution is 0.0254. The number of cyclic esters (lactones) is 1. The summed E-state index contributed by atoms with van der Waals surface area (Å²) in [6, 6.07) is 3.43. The van der Waals surface area contributed by atoms with Crippen LogP contribution in [-0.2, 0) is 18.9 Å². The van der Waals surface area contributed by atoms with E-state index < -0.39 is 56.6 Å². The van der Waals surface area contributed by atoms with Gasteiger partial charge in [0, 0.05) is 24.9 Å². The number of carbonyl (C=O) groups excluding carboxylic acids is 3. The number of aliphatic hydroxyl groups is 1. The molecule has 2 heterocycles. The molecule has 0 unspecified atom stereocenters. The number of ether oxygens (including phenoxy) is 4. The molecule has 2 aliphatic heterocycles. The zero-order chi connectivity index (χ0) is 33.2. The molecule has 0 aromatic heterocycles. The van der Waals surface area contributed by atoms with E-state index in [0.29, 0.717) is 23.5 Å². The highest BCUT2D eigenvalue weighted by molar-refractivity contribution is 6.74. The lowest BCUT2D eigenvalue weighted by Gasteiger charge is -2.37. The van der Waals surface area contributed by atoms with Gasteiger partial charge < -0.3 is 28.5 Å². The van der Waals surface area contributed by atoms with Gasteiger partial charge in [-0.1, -0.05) is 52.0 Å². The predicted octanol–water partition coefficient (Wildman–Crippen LogP) is 7.25. The molecule has 44 heavy (non-hydrogen) atoms. The third kappa shape index (κ3) is 8.44. The maximum absolute atomic E-state index is 14.0. The fraction of sp³-hybridized carbons (Fsp3) is 0.606. The minimum atomic E-state index is -2.50. The van der Waals surface area contributed by atoms with Crippen LogP contribution in [0.2, 0.25) is 18.1 Å². The fourth-order valence-corrected chi connectivity index (χ4v) is 5.48. The highest BCUT2D eigenvalue weighted by Gasteiger charge is 2.42. The maximum atomic E-state index is 14.0. The summed E-state index contributed by atoms with van der Waals surface area (Å²) in [5, 5.41) is 10.6. The van der Waals surface area contributed by atoms with E-state index in [1.54, 1.807) is 58.1 Å². The molecule has 0 saturated carbocycles. The van der Waals surface area contributed by atoms with Gasteiger partial charge in [-0.25, -0.2) is 14.4 Å². The van der Waals surface area contributed by atoms with Crippen molar-refractivity contribution in [3.63, 3.8) is 0 Å². The number of hydrogen-bond donors (Lipinski definition) is 1. The Morgan fingerprint density at radius 1 is 1.05 bits per heavy atom. The molecule has 10 nitrogen and oxygen atoms in total. The Balaban J connectivity index is 2.25. The Hall–Kier alpha value is -3.31. The number of esters is 1. The van der Waals surface area contributed by atoms with Gasteiger partial charge in [-0.05, 0) is 64.4 Å². The lowest BCUT2D eigenvalue weighted by atomic mass is 9.98. The van der Waals surface area contributed by atoms with E-state index in [0.717, 1.165) is 0 Å². The van der Waals surface area contributed by atoms with Gasteiger partial charge in [0.15, 0.2) is 6.10 Å². The second-order valence-electron chi connectivity index (χ2n) is 14.0. The van der Waals surface area contributed by atoms with E-state index in [1.807, 2.05) is 13.8 Å². The smallest absolute Gasteiger partial charge is 0.509 e. The lowest BCUT2D eigenvalue weighted by Crippen LogP contribution is -2.44. The molecule has 0 bridgehead atoms. The first-order valence-electron chi connectivity index (χ1n) is 15.2. The van der Waals surface area contributed by atoms with Gasteiger partial charge in [0.05, 0.1) is 5.69 Å². The molecule has 1 N–H and O–H groups in total. The first kappa shape index (κ1) is 35.2. The molecular formula is C33H49NO9Si. The van der Waals surface area contributed by atoms with E-state index in [9.17, 15) is 19.5 Å². The number of aliphatic hydroxyl groups excluding tert-OH is 1. The van der Waals surface area contributed by atoms with Crippen molar-refractivity contribution in [3.05, 3.63) is 41.5 Å². The molecular weight excluding hydrogens is 582 g/mol. The Bertz CT molecular complexity index is 1290. The highest BCUT2D eigenvalue weighted by atomic mass is 28.4. The van der Waals surface area contributed by atoms with Crippen LogP contribution >= 0.6 is 0 Å². The monoisotopic (exact) mass is 631 g/mol. The van der Waals surface area contributed by atoms with E-state index in [1.165, 1.54) is 11.0 Å². The van der Waals surface area contributed by atoms with Crippen molar-refractivity contribution in [2.75, 3.05) is 11.4 Å². The predicted molar refractivity (Wildman–Crippen MR) is 172 cm³/mol. The summed E-state index contributed by atoms with van der Waals surface area (Å²) in [7, 11) is -2.50. The van der Waals surface area contributed by atoms with Crippen molar-refractivity contribution in [2.24, 2.45) is 5.92 Å². The first-order chi connectivity index (χ1) is 20.2. The standard InChI is InChI=1S/C33H49NO9Si/c1-12-34(30(37)42-32(4,5)6)23-18-22-14-13-15-25-28(41-31(38)40-25)24(35)17-16-20(2)21(3)39-29(36)27(22)26(19-23)43-44(10,11)33(7,8)9/h13-14,16-21,24-25,28,35H,12,15H2,1-11H3/b14-13+,17-16-/t20-,21+,24-,25+,28-/m1/s1. The second-order valence-corrected chi connectivity index (χ2v) is 18.7. The molecule has 0 aliphatic carbocycles. The quantitative estimate of drug-likeness (QED) is 0.158. The first-order valence-corrected chi connectivity index (χ1v) is 18.1. The van der Waals surface area contributed by atoms with Crippen molar-refractivity contribution >= 4 is 38.3 Å². The third-order valence-electron chi connectivity index (χ3n) is 8.23. The van der Waals surface area contributed by atoms with Crippen molar-refractivity contribution < 1.29 is 42.9 Å². The molecule has 11 heteroatoms. The van der Waals surface area contributed by atoms with Gasteiger partial charge in [0.2, 0.25) is 0 Å². The molecule has 0 spiro atoms. The Kier molecular flexibility index (Phi) is 10.7. The molecule has 3 rings (SSSR count). The Morgan fingerprint density at radius 3 is 2.30 bits per heavy atom. The average Bonchev–Trinajstić information content (AvgIpc) is 3.25. The molecule has 1 aromatic rings. The average molecular weight is 632 g/mol. The summed E-state index contributed by atoms with van der Waals surface area (Å²) in [5.41, 5.74) is 0.455. The van der Waals surface area contributed by atoms with Crippen LogP contribution in [0.4, 0.5) is 15.3 Å². The summed E-state index contributed by atoms with van der Waals surface area (Å²) in [6.45, 7) is 21.6. The minimum Gasteiger partial charge on any atom is -0.543 e. The SMILES string of the molecule is CCN(C(=O)OC(C)(C)C)c1cc2c(c(O[Si](C)(C)C(C)(C)C)c1)C(=O)O[C@@H](C)[C@H](C)/C=C\[C@@H](O)[C@H]1OC(=O)O[C@H]1C/C=C/2.